The van der Waals surface area contributed by atoms with Gasteiger partial charge in [-0.15, -0.1) is 0 Å². The summed E-state index contributed by atoms with van der Waals surface area (Å²) >= 11 is 0. The van der Waals surface area contributed by atoms with Gasteiger partial charge in [0.05, 0.1) is 6.10 Å². The molecule has 1 aliphatic rings. The summed E-state index contributed by atoms with van der Waals surface area (Å²) in [7, 11) is 0. The van der Waals surface area contributed by atoms with Crippen molar-refractivity contribution in [3.05, 3.63) is 11.8 Å². The summed E-state index contributed by atoms with van der Waals surface area (Å²) in [5.74, 6) is 0.146. The number of nitrogens with two attached hydrogens (primary N) is 1. The van der Waals surface area contributed by atoms with Gasteiger partial charge in [0.25, 0.3) is 5.91 Å². The number of rotatable bonds is 4. The van der Waals surface area contributed by atoms with Gasteiger partial charge in [-0.25, -0.2) is 0 Å². The first-order valence-electron chi connectivity index (χ1n) is 6.18. The number of hydrogen-bond acceptors (Lipinski definition) is 4. The molecule has 2 rings (SSSR count). The maximum Gasteiger partial charge on any atom is 0.269 e. The molecule has 0 aromatic carbocycles. The van der Waals surface area contributed by atoms with E-state index < -0.39 is 0 Å². The molecule has 0 aliphatic heterocycles. The number of amides is 1. The van der Waals surface area contributed by atoms with Crippen molar-refractivity contribution < 1.29 is 9.53 Å². The molecule has 18 heavy (non-hydrogen) atoms. The maximum absolute atomic E-state index is 11.9. The first kappa shape index (κ1) is 12.9. The molecule has 1 aliphatic carbocycles. The van der Waals surface area contributed by atoms with Crippen LogP contribution in [0.15, 0.2) is 6.07 Å². The standard InChI is InChI=1S/C12H20N4O2/c1-4-18-9-6-8(12(9,2)3)14-11(17)7-5-10(13)16-15-7/h5,8-9H,4,6H2,1-3H3,(H,14,17)(H3,13,15,16). The summed E-state index contributed by atoms with van der Waals surface area (Å²) in [6.45, 7) is 6.88. The van der Waals surface area contributed by atoms with Crippen LogP contribution in [0.2, 0.25) is 0 Å². The van der Waals surface area contributed by atoms with Crippen molar-refractivity contribution in [2.75, 3.05) is 12.3 Å². The number of hydrogen-bond donors (Lipinski definition) is 3. The molecule has 1 aromatic rings. The van der Waals surface area contributed by atoms with Gasteiger partial charge < -0.3 is 15.8 Å². The van der Waals surface area contributed by atoms with E-state index >= 15 is 0 Å². The van der Waals surface area contributed by atoms with Crippen LogP contribution in [0.5, 0.6) is 0 Å². The Bertz CT molecular complexity index is 441. The Kier molecular flexibility index (Phi) is 3.30. The van der Waals surface area contributed by atoms with Crippen molar-refractivity contribution in [2.45, 2.75) is 39.3 Å². The number of nitrogens with one attached hydrogen (secondary N) is 2. The minimum Gasteiger partial charge on any atom is -0.382 e. The highest BCUT2D eigenvalue weighted by Gasteiger charge is 2.49. The van der Waals surface area contributed by atoms with E-state index in [-0.39, 0.29) is 23.5 Å². The summed E-state index contributed by atoms with van der Waals surface area (Å²) in [6.07, 6.45) is 1.05. The van der Waals surface area contributed by atoms with Crippen molar-refractivity contribution in [3.63, 3.8) is 0 Å². The normalized spacial score (nSPS) is 25.5. The molecular formula is C12H20N4O2. The van der Waals surface area contributed by atoms with Gasteiger partial charge in [-0.1, -0.05) is 13.8 Å². The lowest BCUT2D eigenvalue weighted by Crippen LogP contribution is -2.62. The average Bonchev–Trinajstić information content (AvgIpc) is 2.74. The number of carbonyl (C=O) groups excluding carboxylic acids is 1. The maximum atomic E-state index is 11.9. The number of H-pyrrole nitrogens is 1. The number of nitrogens with zero attached hydrogens (tertiary/aromatic N) is 1. The minimum absolute atomic E-state index is 0.0444. The van der Waals surface area contributed by atoms with Crippen LogP contribution in [0.3, 0.4) is 0 Å². The molecule has 2 unspecified atom stereocenters. The molecule has 0 saturated heterocycles. The summed E-state index contributed by atoms with van der Waals surface area (Å²) in [5, 5.41) is 9.32. The van der Waals surface area contributed by atoms with E-state index in [4.69, 9.17) is 10.5 Å². The van der Waals surface area contributed by atoms with E-state index in [1.807, 2.05) is 6.92 Å². The third-order valence-corrected chi connectivity index (χ3v) is 3.69. The van der Waals surface area contributed by atoms with Crippen molar-refractivity contribution in [1.82, 2.24) is 15.5 Å². The fourth-order valence-corrected chi connectivity index (χ4v) is 2.30. The molecule has 1 aromatic heterocycles. The van der Waals surface area contributed by atoms with Gasteiger partial charge in [-0.3, -0.25) is 9.89 Å². The summed E-state index contributed by atoms with van der Waals surface area (Å²) in [5.41, 5.74) is 5.81. The van der Waals surface area contributed by atoms with Gasteiger partial charge in [-0.2, -0.15) is 5.10 Å². The van der Waals surface area contributed by atoms with Crippen molar-refractivity contribution >= 4 is 11.7 Å². The smallest absolute Gasteiger partial charge is 0.269 e. The third-order valence-electron chi connectivity index (χ3n) is 3.69. The largest absolute Gasteiger partial charge is 0.382 e. The van der Waals surface area contributed by atoms with Crippen LogP contribution in [-0.4, -0.2) is 34.9 Å². The highest BCUT2D eigenvalue weighted by atomic mass is 16.5. The zero-order valence-corrected chi connectivity index (χ0v) is 11.0. The van der Waals surface area contributed by atoms with Crippen LogP contribution in [-0.2, 0) is 4.74 Å². The molecule has 1 amide bonds. The number of aromatic amines is 1. The fraction of sp³-hybridized carbons (Fsp3) is 0.667. The quantitative estimate of drug-likeness (QED) is 0.743. The monoisotopic (exact) mass is 252 g/mol. The molecule has 2 atom stereocenters. The average molecular weight is 252 g/mol. The Morgan fingerprint density at radius 3 is 2.94 bits per heavy atom. The molecule has 4 N–H and O–H groups in total. The highest BCUT2D eigenvalue weighted by molar-refractivity contribution is 5.93. The molecule has 0 radical (unpaired) electrons. The van der Waals surface area contributed by atoms with Crippen LogP contribution in [0.1, 0.15) is 37.7 Å². The van der Waals surface area contributed by atoms with E-state index in [0.29, 0.717) is 18.1 Å². The topological polar surface area (TPSA) is 93.0 Å². The number of carbonyl (C=O) groups is 1. The molecule has 6 nitrogen and oxygen atoms in total. The van der Waals surface area contributed by atoms with Gasteiger partial charge in [-0.05, 0) is 13.3 Å². The van der Waals surface area contributed by atoms with Crippen LogP contribution in [0, 0.1) is 5.41 Å². The molecule has 1 heterocycles. The third kappa shape index (κ3) is 2.20. The number of aromatic nitrogens is 2. The first-order valence-corrected chi connectivity index (χ1v) is 6.18. The molecule has 1 saturated carbocycles. The Hall–Kier alpha value is -1.56. The van der Waals surface area contributed by atoms with Gasteiger partial charge in [0.1, 0.15) is 11.5 Å². The Labute approximate surface area is 106 Å². The Morgan fingerprint density at radius 2 is 2.44 bits per heavy atom. The molecule has 100 valence electrons. The van der Waals surface area contributed by atoms with E-state index in [9.17, 15) is 4.79 Å². The second kappa shape index (κ2) is 4.61. The summed E-state index contributed by atoms with van der Waals surface area (Å²) < 4.78 is 5.62. The molecule has 6 heteroatoms. The van der Waals surface area contributed by atoms with Crippen molar-refractivity contribution in [1.29, 1.82) is 0 Å². The van der Waals surface area contributed by atoms with Gasteiger partial charge >= 0.3 is 0 Å². The Balaban J connectivity index is 1.94. The predicted octanol–water partition coefficient (Wildman–Crippen LogP) is 0.925. The van der Waals surface area contributed by atoms with Crippen LogP contribution < -0.4 is 11.1 Å². The van der Waals surface area contributed by atoms with Crippen LogP contribution in [0.25, 0.3) is 0 Å². The summed E-state index contributed by atoms with van der Waals surface area (Å²) in [6, 6.07) is 1.65. The zero-order chi connectivity index (χ0) is 13.3. The van der Waals surface area contributed by atoms with E-state index in [1.54, 1.807) is 0 Å². The van der Waals surface area contributed by atoms with E-state index in [2.05, 4.69) is 29.4 Å². The molecule has 0 bridgehead atoms. The summed E-state index contributed by atoms with van der Waals surface area (Å²) in [4.78, 5) is 11.9. The highest BCUT2D eigenvalue weighted by Crippen LogP contribution is 2.42. The lowest BCUT2D eigenvalue weighted by atomic mass is 9.64. The molecule has 1 fully saturated rings. The SMILES string of the molecule is CCOC1CC(NC(=O)c2cc(N)n[nH]2)C1(C)C. The van der Waals surface area contributed by atoms with E-state index in [1.165, 1.54) is 6.07 Å². The predicted molar refractivity (Wildman–Crippen MR) is 68.1 cm³/mol. The van der Waals surface area contributed by atoms with Crippen molar-refractivity contribution in [2.24, 2.45) is 5.41 Å². The molecular weight excluding hydrogens is 232 g/mol. The van der Waals surface area contributed by atoms with Gasteiger partial charge in [0, 0.05) is 24.1 Å². The molecule has 0 spiro atoms. The zero-order valence-electron chi connectivity index (χ0n) is 11.0. The second-order valence-electron chi connectivity index (χ2n) is 5.23. The minimum atomic E-state index is -0.174. The van der Waals surface area contributed by atoms with Gasteiger partial charge in [0.2, 0.25) is 0 Å². The Morgan fingerprint density at radius 1 is 1.72 bits per heavy atom. The van der Waals surface area contributed by atoms with Crippen LogP contribution >= 0.6 is 0 Å². The number of nitrogen functional groups attached to an aromatic ring is 1. The van der Waals surface area contributed by atoms with Crippen molar-refractivity contribution in [3.8, 4) is 0 Å². The lowest BCUT2D eigenvalue weighted by Gasteiger charge is -2.51. The van der Waals surface area contributed by atoms with Gasteiger partial charge in [0.15, 0.2) is 0 Å². The first-order chi connectivity index (χ1) is 8.45. The fourth-order valence-electron chi connectivity index (χ4n) is 2.30. The second-order valence-corrected chi connectivity index (χ2v) is 5.23. The number of anilines is 1. The van der Waals surface area contributed by atoms with E-state index in [0.717, 1.165) is 6.42 Å². The van der Waals surface area contributed by atoms with Crippen LogP contribution in [0.4, 0.5) is 5.82 Å². The lowest BCUT2D eigenvalue weighted by molar-refractivity contribution is -0.111. The number of ether oxygens (including phenoxy) is 1.